The number of furan rings is 1. The van der Waals surface area contributed by atoms with E-state index < -0.39 is 0 Å². The van der Waals surface area contributed by atoms with Gasteiger partial charge in [-0.15, -0.1) is 0 Å². The zero-order chi connectivity index (χ0) is 40.0. The van der Waals surface area contributed by atoms with Crippen molar-refractivity contribution in [2.24, 2.45) is 5.92 Å². The van der Waals surface area contributed by atoms with E-state index in [0.29, 0.717) is 0 Å². The van der Waals surface area contributed by atoms with Gasteiger partial charge in [0.05, 0.1) is 16.7 Å². The second kappa shape index (κ2) is 13.3. The highest BCUT2D eigenvalue weighted by Crippen LogP contribution is 2.47. The summed E-state index contributed by atoms with van der Waals surface area (Å²) in [5.41, 5.74) is 16.5. The van der Waals surface area contributed by atoms with Crippen LogP contribution in [0.4, 0.5) is 0 Å². The van der Waals surface area contributed by atoms with Gasteiger partial charge in [0.25, 0.3) is 0 Å². The Morgan fingerprint density at radius 1 is 0.410 bits per heavy atom. The molecule has 61 heavy (non-hydrogen) atoms. The van der Waals surface area contributed by atoms with Crippen molar-refractivity contribution in [2.75, 3.05) is 0 Å². The van der Waals surface area contributed by atoms with Crippen LogP contribution in [0.1, 0.15) is 22.3 Å². The van der Waals surface area contributed by atoms with Crippen LogP contribution in [0.2, 0.25) is 0 Å². The summed E-state index contributed by atoms with van der Waals surface area (Å²) in [7, 11) is 0. The SMILES string of the molecule is C1=CC2=C(c3ccc4c(c3)oc3ccc(-c5c6ccccc6c(-n6c7ccccc7c7ccccc76)c6ccccc56)cc34)c3ccccc3C(c3ccccc3)=CC2C=C1. The smallest absolute Gasteiger partial charge is 0.136 e. The average Bonchev–Trinajstić information content (AvgIpc) is 3.80. The summed E-state index contributed by atoms with van der Waals surface area (Å²) >= 11 is 0. The highest BCUT2D eigenvalue weighted by atomic mass is 16.3. The van der Waals surface area contributed by atoms with Gasteiger partial charge in [0, 0.05) is 38.2 Å². The second-order valence-corrected chi connectivity index (χ2v) is 16.3. The van der Waals surface area contributed by atoms with Crippen molar-refractivity contribution in [3.8, 4) is 16.8 Å². The van der Waals surface area contributed by atoms with Crippen LogP contribution in [-0.4, -0.2) is 4.57 Å². The largest absolute Gasteiger partial charge is 0.456 e. The number of benzene rings is 9. The van der Waals surface area contributed by atoms with E-state index in [0.717, 1.165) is 27.5 Å². The zero-order valence-corrected chi connectivity index (χ0v) is 33.2. The van der Waals surface area contributed by atoms with E-state index in [1.165, 1.54) is 93.6 Å². The molecule has 0 saturated carbocycles. The Bertz CT molecular complexity index is 3640. The van der Waals surface area contributed by atoms with Gasteiger partial charge >= 0.3 is 0 Å². The maximum atomic E-state index is 6.77. The third-order valence-corrected chi connectivity index (χ3v) is 13.0. The Hall–Kier alpha value is -7.94. The van der Waals surface area contributed by atoms with Gasteiger partial charge in [0.15, 0.2) is 0 Å². The van der Waals surface area contributed by atoms with Crippen LogP contribution in [0.25, 0.3) is 93.2 Å². The van der Waals surface area contributed by atoms with Gasteiger partial charge < -0.3 is 8.98 Å². The Morgan fingerprint density at radius 3 is 1.74 bits per heavy atom. The number of allylic oxidation sites excluding steroid dienone is 6. The minimum atomic E-state index is 0.141. The molecule has 2 aromatic heterocycles. The van der Waals surface area contributed by atoms with Crippen molar-refractivity contribution in [1.29, 1.82) is 0 Å². The minimum absolute atomic E-state index is 0.141. The number of aromatic nitrogens is 1. The van der Waals surface area contributed by atoms with Crippen LogP contribution < -0.4 is 0 Å². The van der Waals surface area contributed by atoms with E-state index in [-0.39, 0.29) is 5.92 Å². The summed E-state index contributed by atoms with van der Waals surface area (Å²) < 4.78 is 9.25. The lowest BCUT2D eigenvalue weighted by atomic mass is 9.85. The summed E-state index contributed by atoms with van der Waals surface area (Å²) in [6.45, 7) is 0. The summed E-state index contributed by atoms with van der Waals surface area (Å²) in [6.07, 6.45) is 11.4. The van der Waals surface area contributed by atoms with E-state index in [1.807, 2.05) is 0 Å². The van der Waals surface area contributed by atoms with Gasteiger partial charge in [-0.05, 0) is 97.3 Å². The lowest BCUT2D eigenvalue weighted by molar-refractivity contribution is 0.669. The van der Waals surface area contributed by atoms with E-state index in [1.54, 1.807) is 0 Å². The molecule has 9 aromatic carbocycles. The number of fused-ring (bicyclic) bond motifs is 10. The van der Waals surface area contributed by atoms with Gasteiger partial charge in [-0.2, -0.15) is 0 Å². The molecular formula is C59H37NO. The first-order valence-electron chi connectivity index (χ1n) is 21.1. The minimum Gasteiger partial charge on any atom is -0.456 e. The summed E-state index contributed by atoms with van der Waals surface area (Å²) in [6, 6.07) is 68.6. The van der Waals surface area contributed by atoms with Crippen molar-refractivity contribution in [3.05, 3.63) is 246 Å². The molecule has 11 aromatic rings. The molecular weight excluding hydrogens is 739 g/mol. The lowest BCUT2D eigenvalue weighted by Gasteiger charge is -2.19. The molecule has 0 amide bonds. The van der Waals surface area contributed by atoms with Crippen molar-refractivity contribution >= 4 is 76.4 Å². The zero-order valence-electron chi connectivity index (χ0n) is 33.2. The Balaban J connectivity index is 1.00. The van der Waals surface area contributed by atoms with E-state index >= 15 is 0 Å². The lowest BCUT2D eigenvalue weighted by Crippen LogP contribution is -2.02. The molecule has 2 nitrogen and oxygen atoms in total. The van der Waals surface area contributed by atoms with E-state index in [2.05, 4.69) is 223 Å². The van der Waals surface area contributed by atoms with Crippen LogP contribution in [0.3, 0.4) is 0 Å². The number of hydrogen-bond donors (Lipinski definition) is 0. The van der Waals surface area contributed by atoms with Crippen molar-refractivity contribution < 1.29 is 4.42 Å². The third-order valence-electron chi connectivity index (χ3n) is 13.0. The quantitative estimate of drug-likeness (QED) is 0.163. The monoisotopic (exact) mass is 775 g/mol. The fourth-order valence-electron chi connectivity index (χ4n) is 10.4. The molecule has 1 unspecified atom stereocenters. The second-order valence-electron chi connectivity index (χ2n) is 16.3. The maximum Gasteiger partial charge on any atom is 0.136 e. The fraction of sp³-hybridized carbons (Fsp3) is 0.0169. The summed E-state index contributed by atoms with van der Waals surface area (Å²) in [4.78, 5) is 0. The maximum absolute atomic E-state index is 6.77. The fourth-order valence-corrected chi connectivity index (χ4v) is 10.4. The normalized spacial score (nSPS) is 15.0. The predicted octanol–water partition coefficient (Wildman–Crippen LogP) is 15.6. The first-order valence-corrected chi connectivity index (χ1v) is 21.1. The predicted molar refractivity (Wildman–Crippen MR) is 256 cm³/mol. The Morgan fingerprint density at radius 2 is 1.02 bits per heavy atom. The van der Waals surface area contributed by atoms with Crippen LogP contribution in [0.15, 0.2) is 228 Å². The molecule has 0 radical (unpaired) electrons. The van der Waals surface area contributed by atoms with Gasteiger partial charge in [0.1, 0.15) is 11.2 Å². The number of nitrogens with zero attached hydrogens (tertiary/aromatic N) is 1. The third kappa shape index (κ3) is 5.09. The molecule has 0 saturated heterocycles. The summed E-state index contributed by atoms with van der Waals surface area (Å²) in [5.74, 6) is 0.141. The van der Waals surface area contributed by atoms with Crippen LogP contribution >= 0.6 is 0 Å². The van der Waals surface area contributed by atoms with Crippen LogP contribution in [-0.2, 0) is 0 Å². The van der Waals surface area contributed by atoms with Gasteiger partial charge in [-0.1, -0.05) is 182 Å². The van der Waals surface area contributed by atoms with Gasteiger partial charge in [-0.3, -0.25) is 0 Å². The van der Waals surface area contributed by atoms with Crippen molar-refractivity contribution in [1.82, 2.24) is 4.57 Å². The number of para-hydroxylation sites is 2. The standard InChI is InChI=1S/C59H37NO/c1-2-16-37(17-3-1)51-34-38-18-4-5-19-41(38)57(46-23-7-6-20-42(46)51)40-30-32-45-52-35-39(31-33-55(52)61-56(45)36-40)58-47-24-8-10-26-49(47)59(50-27-11-9-25-48(50)58)60-53-28-14-12-21-43(53)44-22-13-15-29-54(44)60/h1-36,38H. The summed E-state index contributed by atoms with van der Waals surface area (Å²) in [5, 5.41) is 9.63. The molecule has 0 spiro atoms. The molecule has 1 atom stereocenters. The highest BCUT2D eigenvalue weighted by molar-refractivity contribution is 6.21. The van der Waals surface area contributed by atoms with Gasteiger partial charge in [-0.25, -0.2) is 0 Å². The number of hydrogen-bond acceptors (Lipinski definition) is 1. The van der Waals surface area contributed by atoms with E-state index in [4.69, 9.17) is 4.42 Å². The van der Waals surface area contributed by atoms with Crippen molar-refractivity contribution in [3.63, 3.8) is 0 Å². The molecule has 2 aliphatic carbocycles. The van der Waals surface area contributed by atoms with Gasteiger partial charge in [0.2, 0.25) is 0 Å². The molecule has 0 aliphatic heterocycles. The molecule has 0 fully saturated rings. The number of rotatable bonds is 4. The molecule has 2 aliphatic rings. The van der Waals surface area contributed by atoms with E-state index in [9.17, 15) is 0 Å². The first kappa shape index (κ1) is 34.0. The highest BCUT2D eigenvalue weighted by Gasteiger charge is 2.26. The molecule has 284 valence electrons. The Labute approximate surface area is 352 Å². The Kier molecular flexibility index (Phi) is 7.40. The van der Waals surface area contributed by atoms with Crippen LogP contribution in [0, 0.1) is 5.92 Å². The van der Waals surface area contributed by atoms with Crippen molar-refractivity contribution in [2.45, 2.75) is 0 Å². The molecule has 13 rings (SSSR count). The topological polar surface area (TPSA) is 18.1 Å². The first-order chi connectivity index (χ1) is 30.3. The molecule has 2 heteroatoms. The molecule has 2 heterocycles. The average molecular weight is 776 g/mol. The van der Waals surface area contributed by atoms with Crippen LogP contribution in [0.5, 0.6) is 0 Å². The molecule has 0 N–H and O–H groups in total. The molecule has 0 bridgehead atoms.